The molecule has 0 saturated heterocycles. The monoisotopic (exact) mass is 133 g/mol. The molecule has 0 N–H and O–H groups in total. The van der Waals surface area contributed by atoms with Crippen molar-refractivity contribution in [3.05, 3.63) is 12.7 Å². The molecule has 0 spiro atoms. The van der Waals surface area contributed by atoms with E-state index in [1.807, 2.05) is 0 Å². The second kappa shape index (κ2) is 2.18. The fourth-order valence-corrected chi connectivity index (χ4v) is 0.0833. The van der Waals surface area contributed by atoms with Gasteiger partial charge in [-0.15, -0.1) is 18.2 Å². The predicted molar refractivity (Wildman–Crippen MR) is 29.5 cm³/mol. The third kappa shape index (κ3) is 1.54. The zero-order valence-corrected chi connectivity index (χ0v) is 5.23. The molecule has 0 rings (SSSR count). The summed E-state index contributed by atoms with van der Waals surface area (Å²) in [6, 6.07) is 0. The average Bonchev–Trinajstić information content (AvgIpc) is 1.67. The molecule has 0 fully saturated rings. The van der Waals surface area contributed by atoms with Crippen LogP contribution in [-0.4, -0.2) is 10.8 Å². The highest BCUT2D eigenvalue weighted by molar-refractivity contribution is 6.34. The highest BCUT2D eigenvalue weighted by atomic mass is 35.5. The fourth-order valence-electron chi connectivity index (χ4n) is 0.0833. The van der Waals surface area contributed by atoms with Gasteiger partial charge in [-0.2, -0.15) is 0 Å². The number of carboxylic acid groups (broad SMARTS) is 1. The molecule has 0 aromatic carbocycles. The van der Waals surface area contributed by atoms with Crippen LogP contribution in [0.2, 0.25) is 0 Å². The Morgan fingerprint density at radius 2 is 2.38 bits per heavy atom. The standard InChI is InChI=1S/C5H7ClO2/c1-3-5(2,6)4(7)8/h3H,1H2,2H3,(H,7,8)/p-1. The van der Waals surface area contributed by atoms with Crippen LogP contribution in [0.15, 0.2) is 12.7 Å². The molecule has 0 aromatic heterocycles. The van der Waals surface area contributed by atoms with E-state index in [2.05, 4.69) is 6.58 Å². The van der Waals surface area contributed by atoms with E-state index in [-0.39, 0.29) is 0 Å². The lowest BCUT2D eigenvalue weighted by Crippen LogP contribution is -2.39. The summed E-state index contributed by atoms with van der Waals surface area (Å²) in [7, 11) is 0. The van der Waals surface area contributed by atoms with Crippen LogP contribution in [-0.2, 0) is 4.79 Å². The van der Waals surface area contributed by atoms with E-state index in [1.165, 1.54) is 6.92 Å². The van der Waals surface area contributed by atoms with E-state index in [4.69, 9.17) is 11.6 Å². The van der Waals surface area contributed by atoms with Crippen molar-refractivity contribution >= 4 is 17.6 Å². The highest BCUT2D eigenvalue weighted by Gasteiger charge is 2.16. The molecule has 0 aliphatic heterocycles. The molecule has 1 atom stereocenters. The van der Waals surface area contributed by atoms with E-state index < -0.39 is 10.8 Å². The van der Waals surface area contributed by atoms with Crippen LogP contribution in [0, 0.1) is 0 Å². The molecule has 3 heteroatoms. The molecule has 0 bridgehead atoms. The summed E-state index contributed by atoms with van der Waals surface area (Å²) >= 11 is 5.28. The molecule has 1 unspecified atom stereocenters. The average molecular weight is 134 g/mol. The van der Waals surface area contributed by atoms with Crippen molar-refractivity contribution in [2.45, 2.75) is 11.8 Å². The van der Waals surface area contributed by atoms with Crippen molar-refractivity contribution in [3.8, 4) is 0 Å². The van der Waals surface area contributed by atoms with E-state index in [0.717, 1.165) is 6.08 Å². The van der Waals surface area contributed by atoms with Crippen LogP contribution in [0.25, 0.3) is 0 Å². The van der Waals surface area contributed by atoms with Crippen LogP contribution >= 0.6 is 11.6 Å². The van der Waals surface area contributed by atoms with E-state index in [9.17, 15) is 9.90 Å². The quantitative estimate of drug-likeness (QED) is 0.391. The Morgan fingerprint density at radius 3 is 2.38 bits per heavy atom. The molecule has 46 valence electrons. The lowest BCUT2D eigenvalue weighted by atomic mass is 10.2. The van der Waals surface area contributed by atoms with Gasteiger partial charge in [-0.05, 0) is 6.92 Å². The van der Waals surface area contributed by atoms with Gasteiger partial charge in [0.2, 0.25) is 0 Å². The van der Waals surface area contributed by atoms with Crippen LogP contribution in [0.4, 0.5) is 0 Å². The zero-order valence-electron chi connectivity index (χ0n) is 4.48. The van der Waals surface area contributed by atoms with Gasteiger partial charge < -0.3 is 9.90 Å². The maximum Gasteiger partial charge on any atom is 0.0988 e. The normalized spacial score (nSPS) is 16.8. The minimum atomic E-state index is -1.42. The number of alkyl halides is 1. The maximum absolute atomic E-state index is 9.94. The Kier molecular flexibility index (Phi) is 2.04. The first-order valence-electron chi connectivity index (χ1n) is 2.04. The van der Waals surface area contributed by atoms with Gasteiger partial charge in [0.15, 0.2) is 0 Å². The third-order valence-electron chi connectivity index (χ3n) is 0.782. The predicted octanol–water partition coefficient (Wildman–Crippen LogP) is -0.0802. The van der Waals surface area contributed by atoms with Gasteiger partial charge in [-0.1, -0.05) is 6.08 Å². The molecule has 0 aromatic rings. The molecule has 8 heavy (non-hydrogen) atoms. The van der Waals surface area contributed by atoms with Crippen molar-refractivity contribution in [1.82, 2.24) is 0 Å². The topological polar surface area (TPSA) is 40.1 Å². The number of aliphatic carboxylic acids is 1. The molecule has 2 nitrogen and oxygen atoms in total. The summed E-state index contributed by atoms with van der Waals surface area (Å²) in [5.74, 6) is -1.32. The first-order valence-corrected chi connectivity index (χ1v) is 2.42. The van der Waals surface area contributed by atoms with Gasteiger partial charge in [0.05, 0.1) is 10.8 Å². The number of rotatable bonds is 2. The van der Waals surface area contributed by atoms with Gasteiger partial charge >= 0.3 is 0 Å². The number of carbonyl (C=O) groups is 1. The Hall–Kier alpha value is -0.500. The number of hydrogen-bond donors (Lipinski definition) is 0. The minimum Gasteiger partial charge on any atom is -0.548 e. The second-order valence-corrected chi connectivity index (χ2v) is 2.35. The van der Waals surface area contributed by atoms with Crippen LogP contribution in [0.3, 0.4) is 0 Å². The molecule has 0 saturated carbocycles. The number of carboxylic acids is 1. The summed E-state index contributed by atoms with van der Waals surface area (Å²) in [5.41, 5.74) is 0. The summed E-state index contributed by atoms with van der Waals surface area (Å²) in [5, 5.41) is 9.94. The van der Waals surface area contributed by atoms with Gasteiger partial charge in [0, 0.05) is 0 Å². The summed E-state index contributed by atoms with van der Waals surface area (Å²) in [6.07, 6.45) is 1.11. The Balaban J connectivity index is 4.12. The second-order valence-electron chi connectivity index (χ2n) is 1.57. The number of carbonyl (C=O) groups excluding carboxylic acids is 1. The Bertz CT molecular complexity index is 118. The van der Waals surface area contributed by atoms with Crippen molar-refractivity contribution in [2.24, 2.45) is 0 Å². The Labute approximate surface area is 52.8 Å². The number of halogens is 1. The lowest BCUT2D eigenvalue weighted by molar-refractivity contribution is -0.307. The van der Waals surface area contributed by atoms with E-state index in [0.29, 0.717) is 0 Å². The third-order valence-corrected chi connectivity index (χ3v) is 1.09. The molecule has 0 radical (unpaired) electrons. The van der Waals surface area contributed by atoms with Crippen molar-refractivity contribution in [3.63, 3.8) is 0 Å². The first-order chi connectivity index (χ1) is 3.50. The Morgan fingerprint density at radius 1 is 2.00 bits per heavy atom. The van der Waals surface area contributed by atoms with Gasteiger partial charge in [0.1, 0.15) is 0 Å². The minimum absolute atomic E-state index is 1.11. The molecule has 0 aliphatic carbocycles. The number of hydrogen-bond acceptors (Lipinski definition) is 2. The molecule has 0 amide bonds. The molecular weight excluding hydrogens is 128 g/mol. The van der Waals surface area contributed by atoms with Crippen LogP contribution < -0.4 is 5.11 Å². The van der Waals surface area contributed by atoms with Gasteiger partial charge in [-0.3, -0.25) is 0 Å². The van der Waals surface area contributed by atoms with Crippen molar-refractivity contribution in [1.29, 1.82) is 0 Å². The van der Waals surface area contributed by atoms with Gasteiger partial charge in [0.25, 0.3) is 0 Å². The summed E-state index contributed by atoms with van der Waals surface area (Å²) < 4.78 is 0. The van der Waals surface area contributed by atoms with Crippen LogP contribution in [0.1, 0.15) is 6.92 Å². The van der Waals surface area contributed by atoms with Crippen molar-refractivity contribution < 1.29 is 9.90 Å². The first kappa shape index (κ1) is 7.50. The largest absolute Gasteiger partial charge is 0.548 e. The highest BCUT2D eigenvalue weighted by Crippen LogP contribution is 2.12. The van der Waals surface area contributed by atoms with E-state index in [1.54, 1.807) is 0 Å². The molecule has 0 aliphatic rings. The summed E-state index contributed by atoms with van der Waals surface area (Å²) in [6.45, 7) is 4.50. The summed E-state index contributed by atoms with van der Waals surface area (Å²) in [4.78, 5) is 8.52. The smallest absolute Gasteiger partial charge is 0.0988 e. The zero-order chi connectivity index (χ0) is 6.78. The van der Waals surface area contributed by atoms with Crippen molar-refractivity contribution in [2.75, 3.05) is 0 Å². The molecule has 0 heterocycles. The maximum atomic E-state index is 9.94. The molecular formula is C5H6ClO2-. The fraction of sp³-hybridized carbons (Fsp3) is 0.400. The van der Waals surface area contributed by atoms with Crippen LogP contribution in [0.5, 0.6) is 0 Å². The van der Waals surface area contributed by atoms with E-state index >= 15 is 0 Å². The SMILES string of the molecule is C=CC(C)(Cl)C(=O)[O-]. The lowest BCUT2D eigenvalue weighted by Gasteiger charge is -2.16. The van der Waals surface area contributed by atoms with Gasteiger partial charge in [-0.25, -0.2) is 0 Å².